The topological polar surface area (TPSA) is 40.5 Å². The predicted molar refractivity (Wildman–Crippen MR) is 119 cm³/mol. The summed E-state index contributed by atoms with van der Waals surface area (Å²) in [6, 6.07) is 5.23. The number of fused-ring (bicyclic) bond motifs is 5. The summed E-state index contributed by atoms with van der Waals surface area (Å²) in [6.07, 6.45) is 5.73. The van der Waals surface area contributed by atoms with Crippen LogP contribution in [0.15, 0.2) is 41.5 Å². The minimum Gasteiger partial charge on any atom is -0.393 e. The predicted octanol–water partition coefficient (Wildman–Crippen LogP) is 6.38. The highest BCUT2D eigenvalue weighted by molar-refractivity contribution is 5.56. The molecular formula is C27H33F3O2. The highest BCUT2D eigenvalue weighted by Crippen LogP contribution is 2.65. The van der Waals surface area contributed by atoms with Crippen LogP contribution < -0.4 is 0 Å². The van der Waals surface area contributed by atoms with Gasteiger partial charge in [-0.3, -0.25) is 0 Å². The Hall–Kier alpha value is -1.59. The molecule has 1 aromatic carbocycles. The summed E-state index contributed by atoms with van der Waals surface area (Å²) in [7, 11) is 0. The average Bonchev–Trinajstić information content (AvgIpc) is 2.99. The molecule has 0 radical (unpaired) electrons. The van der Waals surface area contributed by atoms with Crippen LogP contribution in [-0.4, -0.2) is 22.4 Å². The van der Waals surface area contributed by atoms with Crippen molar-refractivity contribution in [3.8, 4) is 0 Å². The van der Waals surface area contributed by atoms with Crippen molar-refractivity contribution < 1.29 is 23.4 Å². The number of hydrogen-bond acceptors (Lipinski definition) is 2. The van der Waals surface area contributed by atoms with Gasteiger partial charge in [0, 0.05) is 5.41 Å². The van der Waals surface area contributed by atoms with Crippen molar-refractivity contribution in [2.45, 2.75) is 77.2 Å². The number of aliphatic hydroxyl groups excluding tert-OH is 2. The molecule has 0 saturated heterocycles. The largest absolute Gasteiger partial charge is 0.416 e. The molecule has 3 fully saturated rings. The van der Waals surface area contributed by atoms with Gasteiger partial charge in [-0.2, -0.15) is 13.2 Å². The first kappa shape index (κ1) is 22.2. The van der Waals surface area contributed by atoms with Crippen LogP contribution in [0.2, 0.25) is 0 Å². The van der Waals surface area contributed by atoms with E-state index in [0.29, 0.717) is 23.3 Å². The molecule has 4 aliphatic carbocycles. The third kappa shape index (κ3) is 3.38. The third-order valence-corrected chi connectivity index (χ3v) is 9.54. The van der Waals surface area contributed by atoms with E-state index in [0.717, 1.165) is 62.7 Å². The summed E-state index contributed by atoms with van der Waals surface area (Å²) in [6.45, 7) is 4.59. The smallest absolute Gasteiger partial charge is 0.393 e. The molecule has 0 aliphatic heterocycles. The molecule has 0 amide bonds. The molecule has 2 N–H and O–H groups in total. The van der Waals surface area contributed by atoms with Gasteiger partial charge in [-0.1, -0.05) is 43.7 Å². The highest BCUT2D eigenvalue weighted by atomic mass is 19.4. The van der Waals surface area contributed by atoms with E-state index in [1.165, 1.54) is 17.7 Å². The van der Waals surface area contributed by atoms with Crippen molar-refractivity contribution in [1.29, 1.82) is 0 Å². The summed E-state index contributed by atoms with van der Waals surface area (Å²) >= 11 is 0. The third-order valence-electron chi connectivity index (χ3n) is 9.54. The van der Waals surface area contributed by atoms with Gasteiger partial charge in [-0.25, -0.2) is 0 Å². The van der Waals surface area contributed by atoms with Crippen molar-refractivity contribution in [3.05, 3.63) is 52.6 Å². The molecule has 174 valence electrons. The zero-order valence-corrected chi connectivity index (χ0v) is 18.8. The Morgan fingerprint density at radius 2 is 1.69 bits per heavy atom. The van der Waals surface area contributed by atoms with Crippen LogP contribution in [0.3, 0.4) is 0 Å². The maximum atomic E-state index is 12.9. The van der Waals surface area contributed by atoms with Gasteiger partial charge in [0.05, 0.1) is 17.8 Å². The normalized spacial score (nSPS) is 42.8. The Balaban J connectivity index is 1.42. The molecule has 7 atom stereocenters. The molecule has 32 heavy (non-hydrogen) atoms. The summed E-state index contributed by atoms with van der Waals surface area (Å²) in [4.78, 5) is 0. The van der Waals surface area contributed by atoms with Crippen molar-refractivity contribution in [2.24, 2.45) is 28.6 Å². The SMILES string of the molecule is C[C@@]12CC[C@@H]3[C@H](CC=C4C[C@@H](O)CC[C@@]43C)[C@H]1C/C(=C/c1ccc(C(F)(F)F)cc1)[C@@H]2O. The lowest BCUT2D eigenvalue weighted by Crippen LogP contribution is -2.51. The van der Waals surface area contributed by atoms with Gasteiger partial charge in [-0.15, -0.1) is 0 Å². The van der Waals surface area contributed by atoms with Crippen LogP contribution in [0.25, 0.3) is 6.08 Å². The first-order valence-electron chi connectivity index (χ1n) is 12.0. The van der Waals surface area contributed by atoms with Crippen LogP contribution in [0.5, 0.6) is 0 Å². The molecular weight excluding hydrogens is 413 g/mol. The lowest BCUT2D eigenvalue weighted by atomic mass is 9.48. The minimum atomic E-state index is -4.34. The summed E-state index contributed by atoms with van der Waals surface area (Å²) < 4.78 is 38.7. The van der Waals surface area contributed by atoms with Crippen LogP contribution in [0.1, 0.15) is 69.9 Å². The highest BCUT2D eigenvalue weighted by Gasteiger charge is 2.59. The van der Waals surface area contributed by atoms with Crippen molar-refractivity contribution in [1.82, 2.24) is 0 Å². The number of aliphatic hydroxyl groups is 2. The summed E-state index contributed by atoms with van der Waals surface area (Å²) in [5.74, 6) is 1.45. The van der Waals surface area contributed by atoms with Crippen LogP contribution in [0.4, 0.5) is 13.2 Å². The first-order valence-corrected chi connectivity index (χ1v) is 12.0. The standard InChI is InChI=1S/C27H33F3O2/c1-25-11-9-20(31)15-19(25)7-8-21-22(25)10-12-26(2)23(21)14-17(24(26)32)13-16-3-5-18(6-4-16)27(28,29)30/h3-7,13,20-24,31-32H,8-12,14-15H2,1-2H3/b17-13-/t20-,21-,22+,23+,24-,25-,26+/m0/s1. The van der Waals surface area contributed by atoms with Crippen LogP contribution in [-0.2, 0) is 6.18 Å². The minimum absolute atomic E-state index is 0.147. The van der Waals surface area contributed by atoms with Gasteiger partial charge in [-0.05, 0) is 91.4 Å². The first-order chi connectivity index (χ1) is 15.0. The fourth-order valence-electron chi connectivity index (χ4n) is 7.62. The molecule has 3 saturated carbocycles. The molecule has 0 bridgehead atoms. The summed E-state index contributed by atoms with van der Waals surface area (Å²) in [5.41, 5.74) is 2.41. The molecule has 5 heteroatoms. The van der Waals surface area contributed by atoms with Gasteiger partial charge in [0.15, 0.2) is 0 Å². The summed E-state index contributed by atoms with van der Waals surface area (Å²) in [5, 5.41) is 21.5. The van der Waals surface area contributed by atoms with E-state index in [2.05, 4.69) is 19.9 Å². The molecule has 5 rings (SSSR count). The molecule has 0 aromatic heterocycles. The second-order valence-electron chi connectivity index (χ2n) is 11.1. The van der Waals surface area contributed by atoms with E-state index in [1.807, 2.05) is 6.08 Å². The number of hydrogen-bond donors (Lipinski definition) is 2. The maximum Gasteiger partial charge on any atom is 0.416 e. The van der Waals surface area contributed by atoms with Crippen molar-refractivity contribution in [2.75, 3.05) is 0 Å². The van der Waals surface area contributed by atoms with Gasteiger partial charge >= 0.3 is 6.18 Å². The second-order valence-corrected chi connectivity index (χ2v) is 11.1. The molecule has 0 spiro atoms. The molecule has 4 aliphatic rings. The van der Waals surface area contributed by atoms with E-state index in [4.69, 9.17) is 0 Å². The fourth-order valence-corrected chi connectivity index (χ4v) is 7.62. The molecule has 0 unspecified atom stereocenters. The average molecular weight is 447 g/mol. The Morgan fingerprint density at radius 3 is 2.38 bits per heavy atom. The Labute approximate surface area is 188 Å². The number of benzene rings is 1. The van der Waals surface area contributed by atoms with Gasteiger partial charge in [0.1, 0.15) is 0 Å². The quantitative estimate of drug-likeness (QED) is 0.491. The lowest BCUT2D eigenvalue weighted by molar-refractivity contribution is -0.137. The van der Waals surface area contributed by atoms with E-state index in [-0.39, 0.29) is 16.9 Å². The number of halogens is 3. The van der Waals surface area contributed by atoms with Crippen molar-refractivity contribution >= 4 is 6.08 Å². The molecule has 0 heterocycles. The van der Waals surface area contributed by atoms with E-state index in [1.54, 1.807) is 0 Å². The number of allylic oxidation sites excluding steroid dienone is 1. The number of rotatable bonds is 1. The van der Waals surface area contributed by atoms with E-state index in [9.17, 15) is 23.4 Å². The zero-order chi connectivity index (χ0) is 22.9. The zero-order valence-electron chi connectivity index (χ0n) is 18.8. The Kier molecular flexibility index (Phi) is 5.18. The Morgan fingerprint density at radius 1 is 0.969 bits per heavy atom. The van der Waals surface area contributed by atoms with Gasteiger partial charge < -0.3 is 10.2 Å². The molecule has 2 nitrogen and oxygen atoms in total. The van der Waals surface area contributed by atoms with Crippen LogP contribution >= 0.6 is 0 Å². The van der Waals surface area contributed by atoms with Crippen molar-refractivity contribution in [3.63, 3.8) is 0 Å². The maximum absolute atomic E-state index is 12.9. The van der Waals surface area contributed by atoms with Gasteiger partial charge in [0.25, 0.3) is 0 Å². The van der Waals surface area contributed by atoms with E-state index >= 15 is 0 Å². The van der Waals surface area contributed by atoms with Crippen LogP contribution in [0, 0.1) is 28.6 Å². The molecule has 1 aromatic rings. The second kappa shape index (κ2) is 7.46. The number of alkyl halides is 3. The fraction of sp³-hybridized carbons (Fsp3) is 0.630. The Bertz CT molecular complexity index is 947. The van der Waals surface area contributed by atoms with Gasteiger partial charge in [0.2, 0.25) is 0 Å². The van der Waals surface area contributed by atoms with E-state index < -0.39 is 17.8 Å². The monoisotopic (exact) mass is 446 g/mol. The lowest BCUT2D eigenvalue weighted by Gasteiger charge is -2.57.